The number of aliphatic hydroxyl groups excluding tert-OH is 1. The third-order valence-corrected chi connectivity index (χ3v) is 6.22. The van der Waals surface area contributed by atoms with Gasteiger partial charge in [0.05, 0.1) is 23.7 Å². The lowest BCUT2D eigenvalue weighted by molar-refractivity contribution is 0.0793. The van der Waals surface area contributed by atoms with Crippen molar-refractivity contribution in [3.8, 4) is 0 Å². The molecule has 116 valence electrons. The van der Waals surface area contributed by atoms with Crippen LogP contribution in [0.3, 0.4) is 0 Å². The maximum absolute atomic E-state index is 11.6. The first-order valence-corrected chi connectivity index (χ1v) is 9.28. The molecule has 0 aliphatic carbocycles. The summed E-state index contributed by atoms with van der Waals surface area (Å²) in [6.45, 7) is 3.18. The zero-order valence-electron chi connectivity index (χ0n) is 11.7. The Morgan fingerprint density at radius 1 is 1.05 bits per heavy atom. The van der Waals surface area contributed by atoms with Crippen LogP contribution in [0.4, 0.5) is 5.69 Å². The summed E-state index contributed by atoms with van der Waals surface area (Å²) in [5, 5.41) is 10.7. The summed E-state index contributed by atoms with van der Waals surface area (Å²) in [7, 11) is -3.08. The molecule has 0 aromatic heterocycles. The van der Waals surface area contributed by atoms with Gasteiger partial charge in [0.25, 0.3) is 0 Å². The number of hydrogen-bond donors (Lipinski definition) is 1. The first-order valence-electron chi connectivity index (χ1n) is 7.08. The van der Waals surface area contributed by atoms with Gasteiger partial charge in [0.1, 0.15) is 0 Å². The Balaban J connectivity index is 1.62. The van der Waals surface area contributed by atoms with Crippen LogP contribution in [0.15, 0.2) is 24.3 Å². The minimum absolute atomic E-state index is 0.0785. The van der Waals surface area contributed by atoms with Gasteiger partial charge in [-0.25, -0.2) is 8.42 Å². The predicted molar refractivity (Wildman–Crippen MR) is 83.7 cm³/mol. The standard InChI is InChI=1S/C14H19ClN2O3S/c15-11-1-3-12(4-2-11)16-5-7-17(8-6-16)13-9-21(19,20)10-14(13)18/h1-4,13-14,18H,5-10H2/t13-,14+/m0/s1. The van der Waals surface area contributed by atoms with E-state index >= 15 is 0 Å². The Labute approximate surface area is 130 Å². The Morgan fingerprint density at radius 2 is 1.67 bits per heavy atom. The number of aliphatic hydroxyl groups is 1. The summed E-state index contributed by atoms with van der Waals surface area (Å²) in [4.78, 5) is 4.35. The number of rotatable bonds is 2. The summed E-state index contributed by atoms with van der Waals surface area (Å²) in [5.74, 6) is -0.0236. The zero-order valence-corrected chi connectivity index (χ0v) is 13.2. The van der Waals surface area contributed by atoms with E-state index in [1.165, 1.54) is 0 Å². The Morgan fingerprint density at radius 3 is 2.19 bits per heavy atom. The molecule has 5 nitrogen and oxygen atoms in total. The van der Waals surface area contributed by atoms with E-state index in [2.05, 4.69) is 9.80 Å². The molecule has 0 spiro atoms. The average Bonchev–Trinajstić information content (AvgIpc) is 2.73. The Kier molecular flexibility index (Phi) is 4.14. The molecular weight excluding hydrogens is 312 g/mol. The van der Waals surface area contributed by atoms with Gasteiger partial charge in [-0.3, -0.25) is 4.90 Å². The molecule has 21 heavy (non-hydrogen) atoms. The van der Waals surface area contributed by atoms with Crippen LogP contribution in [0.25, 0.3) is 0 Å². The van der Waals surface area contributed by atoms with Crippen LogP contribution < -0.4 is 4.90 Å². The molecule has 1 aromatic rings. The van der Waals surface area contributed by atoms with E-state index in [4.69, 9.17) is 11.6 Å². The second-order valence-corrected chi connectivity index (χ2v) is 8.30. The summed E-state index contributed by atoms with van der Waals surface area (Å²) < 4.78 is 23.2. The molecular formula is C14H19ClN2O3S. The molecule has 2 fully saturated rings. The maximum atomic E-state index is 11.6. The van der Waals surface area contributed by atoms with E-state index in [1.807, 2.05) is 24.3 Å². The van der Waals surface area contributed by atoms with E-state index in [0.717, 1.165) is 36.9 Å². The lowest BCUT2D eigenvalue weighted by Gasteiger charge is -2.39. The van der Waals surface area contributed by atoms with Crippen LogP contribution in [-0.2, 0) is 9.84 Å². The second-order valence-electron chi connectivity index (χ2n) is 5.71. The summed E-state index contributed by atoms with van der Waals surface area (Å²) in [5.41, 5.74) is 1.12. The topological polar surface area (TPSA) is 60.9 Å². The molecule has 0 bridgehead atoms. The fourth-order valence-corrected chi connectivity index (χ4v) is 5.08. The average molecular weight is 331 g/mol. The lowest BCUT2D eigenvalue weighted by atomic mass is 10.1. The summed E-state index contributed by atoms with van der Waals surface area (Å²) in [6.07, 6.45) is -0.753. The molecule has 3 rings (SSSR count). The number of nitrogens with zero attached hydrogens (tertiary/aromatic N) is 2. The van der Waals surface area contributed by atoms with Crippen molar-refractivity contribution in [1.82, 2.24) is 4.90 Å². The third-order valence-electron chi connectivity index (χ3n) is 4.27. The van der Waals surface area contributed by atoms with Gasteiger partial charge in [0.2, 0.25) is 0 Å². The molecule has 1 N–H and O–H groups in total. The molecule has 2 saturated heterocycles. The fourth-order valence-electron chi connectivity index (χ4n) is 3.12. The van der Waals surface area contributed by atoms with Gasteiger partial charge in [0.15, 0.2) is 9.84 Å². The van der Waals surface area contributed by atoms with Gasteiger partial charge < -0.3 is 10.0 Å². The molecule has 7 heteroatoms. The van der Waals surface area contributed by atoms with Crippen LogP contribution in [0.5, 0.6) is 0 Å². The minimum Gasteiger partial charge on any atom is -0.390 e. The van der Waals surface area contributed by atoms with Crippen molar-refractivity contribution >= 4 is 27.1 Å². The van der Waals surface area contributed by atoms with Crippen molar-refractivity contribution in [2.45, 2.75) is 12.1 Å². The van der Waals surface area contributed by atoms with Crippen molar-refractivity contribution in [2.24, 2.45) is 0 Å². The highest BCUT2D eigenvalue weighted by molar-refractivity contribution is 7.91. The lowest BCUT2D eigenvalue weighted by Crippen LogP contribution is -2.53. The number of sulfone groups is 1. The molecule has 2 aliphatic rings. The Bertz CT molecular complexity index is 597. The van der Waals surface area contributed by atoms with Crippen molar-refractivity contribution in [1.29, 1.82) is 0 Å². The van der Waals surface area contributed by atoms with Gasteiger partial charge >= 0.3 is 0 Å². The van der Waals surface area contributed by atoms with Gasteiger partial charge in [0, 0.05) is 36.9 Å². The van der Waals surface area contributed by atoms with Gasteiger partial charge in [-0.2, -0.15) is 0 Å². The highest BCUT2D eigenvalue weighted by Gasteiger charge is 2.40. The smallest absolute Gasteiger partial charge is 0.154 e. The molecule has 1 aromatic carbocycles. The van der Waals surface area contributed by atoms with Gasteiger partial charge in [-0.05, 0) is 24.3 Å². The summed E-state index contributed by atoms with van der Waals surface area (Å²) in [6, 6.07) is 7.48. The largest absolute Gasteiger partial charge is 0.390 e. The Hall–Kier alpha value is -0.820. The zero-order chi connectivity index (χ0) is 15.0. The van der Waals surface area contributed by atoms with Crippen molar-refractivity contribution < 1.29 is 13.5 Å². The molecule has 2 heterocycles. The van der Waals surface area contributed by atoms with E-state index in [-0.39, 0.29) is 17.5 Å². The maximum Gasteiger partial charge on any atom is 0.154 e. The number of piperazine rings is 1. The van der Waals surface area contributed by atoms with Gasteiger partial charge in [-0.1, -0.05) is 11.6 Å². The van der Waals surface area contributed by atoms with E-state index < -0.39 is 15.9 Å². The quantitative estimate of drug-likeness (QED) is 0.861. The van der Waals surface area contributed by atoms with E-state index in [9.17, 15) is 13.5 Å². The monoisotopic (exact) mass is 330 g/mol. The minimum atomic E-state index is -3.08. The molecule has 0 amide bonds. The number of hydrogen-bond acceptors (Lipinski definition) is 5. The second kappa shape index (κ2) is 5.76. The van der Waals surface area contributed by atoms with Crippen LogP contribution in [0.1, 0.15) is 0 Å². The van der Waals surface area contributed by atoms with Gasteiger partial charge in [-0.15, -0.1) is 0 Å². The van der Waals surface area contributed by atoms with Crippen molar-refractivity contribution in [3.05, 3.63) is 29.3 Å². The molecule has 2 atom stereocenters. The molecule has 0 unspecified atom stereocenters. The van der Waals surface area contributed by atoms with E-state index in [0.29, 0.717) is 0 Å². The van der Waals surface area contributed by atoms with Crippen LogP contribution in [-0.4, -0.2) is 68.3 Å². The first kappa shape index (κ1) is 15.1. The van der Waals surface area contributed by atoms with Crippen LogP contribution in [0, 0.1) is 0 Å². The number of halogens is 1. The highest BCUT2D eigenvalue weighted by Crippen LogP contribution is 2.23. The van der Waals surface area contributed by atoms with E-state index in [1.54, 1.807) is 0 Å². The van der Waals surface area contributed by atoms with Crippen molar-refractivity contribution in [3.63, 3.8) is 0 Å². The first-order chi connectivity index (χ1) is 9.94. The molecule has 2 aliphatic heterocycles. The third kappa shape index (κ3) is 3.34. The van der Waals surface area contributed by atoms with Crippen LogP contribution in [0.2, 0.25) is 5.02 Å². The SMILES string of the molecule is O=S1(=O)C[C@@H](O)[C@@H](N2CCN(c3ccc(Cl)cc3)CC2)C1. The predicted octanol–water partition coefficient (Wildman–Crippen LogP) is 0.620. The summed E-state index contributed by atoms with van der Waals surface area (Å²) >= 11 is 5.89. The number of anilines is 1. The number of benzene rings is 1. The fraction of sp³-hybridized carbons (Fsp3) is 0.571. The normalized spacial score (nSPS) is 29.7. The highest BCUT2D eigenvalue weighted by atomic mass is 35.5. The van der Waals surface area contributed by atoms with Crippen molar-refractivity contribution in [2.75, 3.05) is 42.6 Å². The molecule has 0 saturated carbocycles. The molecule has 0 radical (unpaired) electrons. The van der Waals surface area contributed by atoms with Crippen LogP contribution >= 0.6 is 11.6 Å².